The smallest absolute Gasteiger partial charge is 0.338 e. The standard InChI is InChI=1S/C26H21Cl3N2O5/c1-33-20-7-4-14(10-23(20)35-3)26(32)36-22(11-17-18(27)12-30-13-19(17)28)15-5-8-21(34-2)25-16(15)6-9-24(29)31-25/h4-10,12-13,22H,11H2,1-3H3. The average Bonchev–Trinajstić information content (AvgIpc) is 2.88. The molecule has 4 rings (SSSR count). The Morgan fingerprint density at radius 2 is 1.53 bits per heavy atom. The van der Waals surface area contributed by atoms with E-state index in [4.69, 9.17) is 53.8 Å². The molecule has 0 radical (unpaired) electrons. The van der Waals surface area contributed by atoms with Crippen LogP contribution in [0.1, 0.15) is 27.6 Å². The first-order valence-electron chi connectivity index (χ1n) is 10.7. The first-order valence-corrected chi connectivity index (χ1v) is 11.8. The predicted molar refractivity (Wildman–Crippen MR) is 139 cm³/mol. The molecule has 1 atom stereocenters. The second kappa shape index (κ2) is 11.2. The lowest BCUT2D eigenvalue weighted by Crippen LogP contribution is -2.15. The zero-order valence-corrected chi connectivity index (χ0v) is 21.8. The van der Waals surface area contributed by atoms with Gasteiger partial charge in [-0.2, -0.15) is 0 Å². The summed E-state index contributed by atoms with van der Waals surface area (Å²) in [6.07, 6.45) is 2.37. The summed E-state index contributed by atoms with van der Waals surface area (Å²) in [6.45, 7) is 0. The molecule has 0 saturated carbocycles. The Bertz CT molecular complexity index is 1410. The van der Waals surface area contributed by atoms with Gasteiger partial charge < -0.3 is 18.9 Å². The summed E-state index contributed by atoms with van der Waals surface area (Å²) in [6, 6.07) is 11.8. The van der Waals surface area contributed by atoms with Gasteiger partial charge in [0.2, 0.25) is 0 Å². The number of aromatic nitrogens is 2. The minimum Gasteiger partial charge on any atom is -0.494 e. The van der Waals surface area contributed by atoms with E-state index < -0.39 is 12.1 Å². The number of halogens is 3. The maximum absolute atomic E-state index is 13.3. The lowest BCUT2D eigenvalue weighted by atomic mass is 9.97. The predicted octanol–water partition coefficient (Wildman–Crippen LogP) is 6.76. The van der Waals surface area contributed by atoms with Gasteiger partial charge in [-0.25, -0.2) is 9.78 Å². The van der Waals surface area contributed by atoms with Crippen molar-refractivity contribution < 1.29 is 23.7 Å². The lowest BCUT2D eigenvalue weighted by Gasteiger charge is -2.22. The van der Waals surface area contributed by atoms with Gasteiger partial charge in [-0.15, -0.1) is 0 Å². The molecule has 0 saturated heterocycles. The van der Waals surface area contributed by atoms with Crippen LogP contribution in [0.25, 0.3) is 10.9 Å². The molecule has 0 aliphatic rings. The number of methoxy groups -OCH3 is 3. The topological polar surface area (TPSA) is 79.8 Å². The molecular weight excluding hydrogens is 527 g/mol. The van der Waals surface area contributed by atoms with Gasteiger partial charge in [0.1, 0.15) is 22.5 Å². The summed E-state index contributed by atoms with van der Waals surface area (Å²) in [7, 11) is 4.55. The fourth-order valence-electron chi connectivity index (χ4n) is 3.83. The van der Waals surface area contributed by atoms with Crippen LogP contribution < -0.4 is 14.2 Å². The largest absolute Gasteiger partial charge is 0.494 e. The lowest BCUT2D eigenvalue weighted by molar-refractivity contribution is 0.0300. The molecule has 186 valence electrons. The molecule has 0 aliphatic carbocycles. The maximum Gasteiger partial charge on any atom is 0.338 e. The van der Waals surface area contributed by atoms with Gasteiger partial charge >= 0.3 is 5.97 Å². The van der Waals surface area contributed by atoms with E-state index in [1.54, 1.807) is 43.5 Å². The molecule has 4 aromatic rings. The molecule has 2 heterocycles. The van der Waals surface area contributed by atoms with Crippen LogP contribution in [-0.2, 0) is 11.2 Å². The fourth-order valence-corrected chi connectivity index (χ4v) is 4.50. The van der Waals surface area contributed by atoms with Crippen LogP contribution in [-0.4, -0.2) is 37.3 Å². The minimum atomic E-state index is -0.792. The summed E-state index contributed by atoms with van der Waals surface area (Å²) in [5.41, 5.74) is 2.07. The van der Waals surface area contributed by atoms with Crippen LogP contribution in [0.3, 0.4) is 0 Å². The number of pyridine rings is 2. The van der Waals surface area contributed by atoms with Crippen LogP contribution in [0.2, 0.25) is 15.2 Å². The van der Waals surface area contributed by atoms with E-state index in [9.17, 15) is 4.79 Å². The van der Waals surface area contributed by atoms with Crippen molar-refractivity contribution in [2.75, 3.05) is 21.3 Å². The van der Waals surface area contributed by atoms with Crippen LogP contribution >= 0.6 is 34.8 Å². The molecule has 0 N–H and O–H groups in total. The summed E-state index contributed by atoms with van der Waals surface area (Å²) < 4.78 is 22.1. The highest BCUT2D eigenvalue weighted by Gasteiger charge is 2.25. The van der Waals surface area contributed by atoms with Gasteiger partial charge in [0.15, 0.2) is 11.5 Å². The van der Waals surface area contributed by atoms with E-state index in [1.807, 2.05) is 6.07 Å². The number of carbonyl (C=O) groups is 1. The van der Waals surface area contributed by atoms with Crippen LogP contribution in [0.4, 0.5) is 0 Å². The number of rotatable bonds is 8. The van der Waals surface area contributed by atoms with Crippen LogP contribution in [0.5, 0.6) is 17.2 Å². The number of benzene rings is 2. The second-order valence-electron chi connectivity index (χ2n) is 7.64. The van der Waals surface area contributed by atoms with Gasteiger partial charge in [-0.05, 0) is 42.0 Å². The Balaban J connectivity index is 1.81. The van der Waals surface area contributed by atoms with Crippen molar-refractivity contribution in [3.8, 4) is 17.2 Å². The van der Waals surface area contributed by atoms with Crippen molar-refractivity contribution in [2.24, 2.45) is 0 Å². The highest BCUT2D eigenvalue weighted by molar-refractivity contribution is 6.35. The molecule has 0 spiro atoms. The fraction of sp³-hybridized carbons (Fsp3) is 0.192. The van der Waals surface area contributed by atoms with E-state index in [0.717, 1.165) is 0 Å². The Kier molecular flexibility index (Phi) is 8.04. The molecule has 0 aliphatic heterocycles. The van der Waals surface area contributed by atoms with Crippen molar-refractivity contribution in [1.82, 2.24) is 9.97 Å². The highest BCUT2D eigenvalue weighted by Crippen LogP contribution is 2.37. The number of esters is 1. The Labute approximate surface area is 222 Å². The molecule has 0 bridgehead atoms. The quantitative estimate of drug-likeness (QED) is 0.178. The zero-order valence-electron chi connectivity index (χ0n) is 19.6. The summed E-state index contributed by atoms with van der Waals surface area (Å²) in [5, 5.41) is 1.71. The third-order valence-corrected chi connectivity index (χ3v) is 6.46. The monoisotopic (exact) mass is 546 g/mol. The zero-order chi connectivity index (χ0) is 25.8. The Morgan fingerprint density at radius 1 is 0.861 bits per heavy atom. The van der Waals surface area contributed by atoms with Crippen molar-refractivity contribution in [3.05, 3.63) is 86.7 Å². The summed E-state index contributed by atoms with van der Waals surface area (Å²) >= 11 is 19.0. The molecule has 36 heavy (non-hydrogen) atoms. The molecule has 7 nitrogen and oxygen atoms in total. The molecule has 10 heteroatoms. The van der Waals surface area contributed by atoms with Gasteiger partial charge in [0, 0.05) is 29.8 Å². The normalized spacial score (nSPS) is 11.7. The van der Waals surface area contributed by atoms with E-state index in [1.165, 1.54) is 26.6 Å². The number of fused-ring (bicyclic) bond motifs is 1. The number of hydrogen-bond donors (Lipinski definition) is 0. The van der Waals surface area contributed by atoms with Gasteiger partial charge in [-0.1, -0.05) is 40.9 Å². The summed E-state index contributed by atoms with van der Waals surface area (Å²) in [5.74, 6) is 0.844. The van der Waals surface area contributed by atoms with Crippen molar-refractivity contribution in [1.29, 1.82) is 0 Å². The number of nitrogens with zero attached hydrogens (tertiary/aromatic N) is 2. The molecule has 2 aromatic carbocycles. The van der Waals surface area contributed by atoms with E-state index in [0.29, 0.717) is 54.5 Å². The highest BCUT2D eigenvalue weighted by atomic mass is 35.5. The van der Waals surface area contributed by atoms with Gasteiger partial charge in [0.05, 0.1) is 36.9 Å². The second-order valence-corrected chi connectivity index (χ2v) is 8.84. The van der Waals surface area contributed by atoms with Crippen molar-refractivity contribution >= 4 is 51.7 Å². The van der Waals surface area contributed by atoms with E-state index in [2.05, 4.69) is 9.97 Å². The molecule has 2 aromatic heterocycles. The van der Waals surface area contributed by atoms with Gasteiger partial charge in [-0.3, -0.25) is 4.98 Å². The van der Waals surface area contributed by atoms with Gasteiger partial charge in [0.25, 0.3) is 0 Å². The van der Waals surface area contributed by atoms with Crippen molar-refractivity contribution in [3.63, 3.8) is 0 Å². The molecule has 0 fully saturated rings. The first-order chi connectivity index (χ1) is 17.4. The molecule has 0 amide bonds. The molecule has 1 unspecified atom stereocenters. The van der Waals surface area contributed by atoms with E-state index in [-0.39, 0.29) is 12.0 Å². The van der Waals surface area contributed by atoms with E-state index >= 15 is 0 Å². The first kappa shape index (κ1) is 25.8. The third-order valence-electron chi connectivity index (χ3n) is 5.60. The maximum atomic E-state index is 13.3. The Hall–Kier alpha value is -3.26. The SMILES string of the molecule is COc1ccc(C(=O)OC(Cc2c(Cl)cncc2Cl)c2ccc(OC)c3nc(Cl)ccc23)cc1OC. The number of hydrogen-bond acceptors (Lipinski definition) is 7. The summed E-state index contributed by atoms with van der Waals surface area (Å²) in [4.78, 5) is 21.7. The van der Waals surface area contributed by atoms with Crippen LogP contribution in [0.15, 0.2) is 54.9 Å². The molecular formula is C26H21Cl3N2O5. The minimum absolute atomic E-state index is 0.184. The van der Waals surface area contributed by atoms with Crippen molar-refractivity contribution in [2.45, 2.75) is 12.5 Å². The third kappa shape index (κ3) is 5.28. The average molecular weight is 548 g/mol. The number of ether oxygens (including phenoxy) is 4. The Morgan fingerprint density at radius 3 is 2.19 bits per heavy atom. The van der Waals surface area contributed by atoms with Crippen LogP contribution in [0, 0.1) is 0 Å². The number of carbonyl (C=O) groups excluding carboxylic acids is 1.